The maximum absolute atomic E-state index is 4.10. The highest BCUT2D eigenvalue weighted by Gasteiger charge is 2.03. The van der Waals surface area contributed by atoms with Gasteiger partial charge in [0.1, 0.15) is 6.20 Å². The Morgan fingerprint density at radius 1 is 0.714 bits per heavy atom. The first-order valence-electron chi connectivity index (χ1n) is 8.99. The highest BCUT2D eigenvalue weighted by Crippen LogP contribution is 2.12. The van der Waals surface area contributed by atoms with Crippen molar-refractivity contribution in [1.29, 1.82) is 0 Å². The second-order valence-corrected chi connectivity index (χ2v) is 6.16. The van der Waals surface area contributed by atoms with Gasteiger partial charge in [0.05, 0.1) is 12.7 Å². The number of aliphatic imine (C=N–C) groups is 1. The van der Waals surface area contributed by atoms with Crippen LogP contribution >= 0.6 is 0 Å². The zero-order valence-corrected chi connectivity index (χ0v) is 14.7. The molecule has 1 unspecified atom stereocenters. The number of rotatable bonds is 14. The van der Waals surface area contributed by atoms with Crippen LogP contribution in [0.2, 0.25) is 0 Å². The van der Waals surface area contributed by atoms with E-state index in [4.69, 9.17) is 0 Å². The average molecular weight is 315 g/mol. The van der Waals surface area contributed by atoms with Gasteiger partial charge in [0.15, 0.2) is 6.34 Å². The van der Waals surface area contributed by atoms with E-state index in [0.29, 0.717) is 0 Å². The average Bonchev–Trinajstić information content (AvgIpc) is 2.97. The third kappa shape index (κ3) is 13.1. The molecule has 0 fully saturated rings. The van der Waals surface area contributed by atoms with Crippen molar-refractivity contribution in [2.75, 3.05) is 6.54 Å². The summed E-state index contributed by atoms with van der Waals surface area (Å²) in [6, 6.07) is 0. The van der Waals surface area contributed by atoms with Crippen molar-refractivity contribution >= 4 is 6.34 Å². The van der Waals surface area contributed by atoms with Gasteiger partial charge in [-0.05, 0) is 12.8 Å². The molecule has 1 heterocycles. The van der Waals surface area contributed by atoms with Gasteiger partial charge < -0.3 is 12.4 Å². The van der Waals surface area contributed by atoms with Gasteiger partial charge in [0, 0.05) is 0 Å². The molecule has 0 saturated heterocycles. The molecule has 0 radical (unpaired) electrons. The Balaban J connectivity index is 0.00000400. The summed E-state index contributed by atoms with van der Waals surface area (Å²) < 4.78 is 0. The van der Waals surface area contributed by atoms with Gasteiger partial charge in [-0.25, -0.2) is 4.99 Å². The lowest BCUT2D eigenvalue weighted by molar-refractivity contribution is -0.736. The Kier molecular flexibility index (Phi) is 15.8. The van der Waals surface area contributed by atoms with E-state index in [1.807, 2.05) is 12.5 Å². The third-order valence-electron chi connectivity index (χ3n) is 4.18. The maximum atomic E-state index is 4.10. The van der Waals surface area contributed by atoms with Crippen LogP contribution in [-0.2, 0) is 0 Å². The standard InChI is InChI=1S/C18H34N2.ClH/c1-2-3-4-5-6-7-8-9-10-11-12-13-14-16-20-17-15-19-18-20;/h15,17-18H,2-14,16H2,1H3;1H. The second kappa shape index (κ2) is 16.0. The highest BCUT2D eigenvalue weighted by molar-refractivity contribution is 5.47. The number of unbranched alkanes of at least 4 members (excludes halogenated alkanes) is 12. The Morgan fingerprint density at radius 3 is 1.62 bits per heavy atom. The summed E-state index contributed by atoms with van der Waals surface area (Å²) in [5.74, 6) is 0. The molecular formula is C18H35ClN2. The zero-order chi connectivity index (χ0) is 14.3. The van der Waals surface area contributed by atoms with Crippen LogP contribution in [-0.4, -0.2) is 12.9 Å². The monoisotopic (exact) mass is 314 g/mol. The minimum Gasteiger partial charge on any atom is -1.00 e. The lowest BCUT2D eigenvalue weighted by atomic mass is 10.0. The molecular weight excluding hydrogens is 280 g/mol. The normalized spacial score (nSPS) is 16.3. The zero-order valence-electron chi connectivity index (χ0n) is 14.0. The van der Waals surface area contributed by atoms with Gasteiger partial charge >= 0.3 is 0 Å². The van der Waals surface area contributed by atoms with Gasteiger partial charge in [0.25, 0.3) is 0 Å². The molecule has 0 bridgehead atoms. The van der Waals surface area contributed by atoms with Crippen LogP contribution in [0.1, 0.15) is 90.4 Å². The third-order valence-corrected chi connectivity index (χ3v) is 4.18. The lowest BCUT2D eigenvalue weighted by Gasteiger charge is -2.05. The van der Waals surface area contributed by atoms with Crippen molar-refractivity contribution < 1.29 is 17.3 Å². The SMILES string of the molecule is CCCCCCCCCCCCCCC[NH+]1C=CN=C1.[Cl-]. The van der Waals surface area contributed by atoms with Gasteiger partial charge in [-0.3, -0.25) is 4.90 Å². The van der Waals surface area contributed by atoms with Crippen LogP contribution in [0, 0.1) is 0 Å². The van der Waals surface area contributed by atoms with Crippen molar-refractivity contribution in [3.63, 3.8) is 0 Å². The molecule has 2 nitrogen and oxygen atoms in total. The highest BCUT2D eigenvalue weighted by atomic mass is 35.5. The fourth-order valence-corrected chi connectivity index (χ4v) is 2.82. The second-order valence-electron chi connectivity index (χ2n) is 6.16. The maximum Gasteiger partial charge on any atom is 0.193 e. The van der Waals surface area contributed by atoms with Gasteiger partial charge in [-0.15, -0.1) is 0 Å². The summed E-state index contributed by atoms with van der Waals surface area (Å²) >= 11 is 0. The van der Waals surface area contributed by atoms with E-state index in [1.165, 1.54) is 94.9 Å². The van der Waals surface area contributed by atoms with E-state index in [0.717, 1.165) is 0 Å². The van der Waals surface area contributed by atoms with E-state index < -0.39 is 0 Å². The number of halogens is 1. The van der Waals surface area contributed by atoms with Gasteiger partial charge in [0.2, 0.25) is 0 Å². The number of hydrogen-bond acceptors (Lipinski definition) is 1. The molecule has 0 aromatic heterocycles. The molecule has 0 aromatic rings. The topological polar surface area (TPSA) is 16.8 Å². The first-order valence-corrected chi connectivity index (χ1v) is 8.99. The van der Waals surface area contributed by atoms with Crippen LogP contribution in [0.25, 0.3) is 0 Å². The van der Waals surface area contributed by atoms with Crippen molar-refractivity contribution in [2.24, 2.45) is 4.99 Å². The van der Waals surface area contributed by atoms with Gasteiger partial charge in [-0.1, -0.05) is 77.6 Å². The summed E-state index contributed by atoms with van der Waals surface area (Å²) in [5.41, 5.74) is 0. The van der Waals surface area contributed by atoms with E-state index in [9.17, 15) is 0 Å². The number of nitrogens with zero attached hydrogens (tertiary/aromatic N) is 1. The van der Waals surface area contributed by atoms with E-state index >= 15 is 0 Å². The van der Waals surface area contributed by atoms with Crippen LogP contribution in [0.3, 0.4) is 0 Å². The summed E-state index contributed by atoms with van der Waals surface area (Å²) in [6.45, 7) is 3.51. The summed E-state index contributed by atoms with van der Waals surface area (Å²) in [4.78, 5) is 5.51. The predicted octanol–water partition coefficient (Wildman–Crippen LogP) is 1.48. The molecule has 0 saturated carbocycles. The van der Waals surface area contributed by atoms with Crippen molar-refractivity contribution in [3.05, 3.63) is 12.4 Å². The lowest BCUT2D eigenvalue weighted by Crippen LogP contribution is -3.05. The van der Waals surface area contributed by atoms with Gasteiger partial charge in [-0.2, -0.15) is 0 Å². The fraction of sp³-hybridized carbons (Fsp3) is 0.833. The van der Waals surface area contributed by atoms with Crippen molar-refractivity contribution in [1.82, 2.24) is 0 Å². The summed E-state index contributed by atoms with van der Waals surface area (Å²) in [5, 5.41) is 0. The molecule has 1 atom stereocenters. The molecule has 124 valence electrons. The minimum absolute atomic E-state index is 0. The minimum atomic E-state index is 0. The van der Waals surface area contributed by atoms with Crippen LogP contribution in [0.4, 0.5) is 0 Å². The Bertz CT molecular complexity index is 252. The van der Waals surface area contributed by atoms with Crippen molar-refractivity contribution in [2.45, 2.75) is 90.4 Å². The largest absolute Gasteiger partial charge is 1.00 e. The molecule has 1 aliphatic rings. The molecule has 0 spiro atoms. The number of hydrogen-bond donors (Lipinski definition) is 1. The quantitative estimate of drug-likeness (QED) is 0.468. The Labute approximate surface area is 138 Å². The Morgan fingerprint density at radius 2 is 1.19 bits per heavy atom. The van der Waals surface area contributed by atoms with Crippen molar-refractivity contribution in [3.8, 4) is 0 Å². The Hall–Kier alpha value is -0.340. The number of quaternary nitrogens is 1. The molecule has 0 aliphatic carbocycles. The van der Waals surface area contributed by atoms with E-state index in [1.54, 1.807) is 0 Å². The first kappa shape index (κ1) is 20.7. The first-order chi connectivity index (χ1) is 9.93. The van der Waals surface area contributed by atoms with Crippen LogP contribution < -0.4 is 17.3 Å². The molecule has 21 heavy (non-hydrogen) atoms. The molecule has 3 heteroatoms. The molecule has 1 aliphatic heterocycles. The summed E-state index contributed by atoms with van der Waals surface area (Å²) in [7, 11) is 0. The molecule has 0 aromatic carbocycles. The molecule has 1 rings (SSSR count). The summed E-state index contributed by atoms with van der Waals surface area (Å²) in [6.07, 6.45) is 24.6. The van der Waals surface area contributed by atoms with Crippen LogP contribution in [0.15, 0.2) is 17.4 Å². The molecule has 1 N–H and O–H groups in total. The smallest absolute Gasteiger partial charge is 0.193 e. The predicted molar refractivity (Wildman–Crippen MR) is 89.2 cm³/mol. The number of nitrogens with one attached hydrogen (secondary N) is 1. The van der Waals surface area contributed by atoms with Crippen LogP contribution in [0.5, 0.6) is 0 Å². The fourth-order valence-electron chi connectivity index (χ4n) is 2.82. The molecule has 0 amide bonds. The van der Waals surface area contributed by atoms with E-state index in [-0.39, 0.29) is 12.4 Å². The van der Waals surface area contributed by atoms with E-state index in [2.05, 4.69) is 18.1 Å².